The van der Waals surface area contributed by atoms with Gasteiger partial charge in [0.15, 0.2) is 0 Å². The predicted octanol–water partition coefficient (Wildman–Crippen LogP) is 3.69. The van der Waals surface area contributed by atoms with Gasteiger partial charge >= 0.3 is 0 Å². The lowest BCUT2D eigenvalue weighted by Crippen LogP contribution is -2.24. The third-order valence-corrected chi connectivity index (χ3v) is 5.07. The first-order chi connectivity index (χ1) is 12.6. The summed E-state index contributed by atoms with van der Waals surface area (Å²) in [6.45, 7) is 0.635. The Kier molecular flexibility index (Phi) is 5.78. The SMILES string of the molecule is COc1ccc(NC(=O)CSc2ccccc2F)cc1N1CCCC1=O. The largest absolute Gasteiger partial charge is 0.495 e. The van der Waals surface area contributed by atoms with Crippen LogP contribution in [0.1, 0.15) is 12.8 Å². The van der Waals surface area contributed by atoms with E-state index in [0.29, 0.717) is 35.0 Å². The molecule has 1 aliphatic rings. The van der Waals surface area contributed by atoms with Gasteiger partial charge in [0.1, 0.15) is 11.6 Å². The molecular weight excluding hydrogens is 355 g/mol. The number of ether oxygens (including phenoxy) is 1. The van der Waals surface area contributed by atoms with Gasteiger partial charge in [-0.05, 0) is 36.8 Å². The van der Waals surface area contributed by atoms with E-state index < -0.39 is 0 Å². The predicted molar refractivity (Wildman–Crippen MR) is 100 cm³/mol. The van der Waals surface area contributed by atoms with Gasteiger partial charge in [0.25, 0.3) is 0 Å². The van der Waals surface area contributed by atoms with E-state index in [4.69, 9.17) is 4.74 Å². The number of hydrogen-bond acceptors (Lipinski definition) is 4. The van der Waals surface area contributed by atoms with Crippen LogP contribution in [-0.2, 0) is 9.59 Å². The maximum atomic E-state index is 13.6. The molecule has 26 heavy (non-hydrogen) atoms. The van der Waals surface area contributed by atoms with Gasteiger partial charge in [-0.1, -0.05) is 12.1 Å². The van der Waals surface area contributed by atoms with Crippen molar-refractivity contribution in [3.8, 4) is 5.75 Å². The molecule has 5 nitrogen and oxygen atoms in total. The topological polar surface area (TPSA) is 58.6 Å². The number of amides is 2. The minimum Gasteiger partial charge on any atom is -0.495 e. The zero-order valence-electron chi connectivity index (χ0n) is 14.3. The van der Waals surface area contributed by atoms with Crippen LogP contribution in [0.4, 0.5) is 15.8 Å². The van der Waals surface area contributed by atoms with E-state index in [1.165, 1.54) is 6.07 Å². The van der Waals surface area contributed by atoms with Crippen LogP contribution in [0.5, 0.6) is 5.75 Å². The summed E-state index contributed by atoms with van der Waals surface area (Å²) in [6.07, 6.45) is 1.32. The summed E-state index contributed by atoms with van der Waals surface area (Å²) in [7, 11) is 1.54. The van der Waals surface area contributed by atoms with Crippen molar-refractivity contribution in [2.45, 2.75) is 17.7 Å². The minimum absolute atomic E-state index is 0.0434. The number of carbonyl (C=O) groups is 2. The molecule has 0 bridgehead atoms. The van der Waals surface area contributed by atoms with Crippen molar-refractivity contribution in [3.05, 3.63) is 48.3 Å². The molecule has 1 saturated heterocycles. The summed E-state index contributed by atoms with van der Waals surface area (Å²) in [4.78, 5) is 26.3. The Morgan fingerprint density at radius 1 is 1.31 bits per heavy atom. The smallest absolute Gasteiger partial charge is 0.234 e. The Bertz CT molecular complexity index is 828. The number of benzene rings is 2. The molecule has 0 saturated carbocycles. The molecule has 1 aliphatic heterocycles. The van der Waals surface area contributed by atoms with E-state index >= 15 is 0 Å². The average molecular weight is 374 g/mol. The molecule has 2 aromatic carbocycles. The van der Waals surface area contributed by atoms with E-state index in [9.17, 15) is 14.0 Å². The molecule has 0 unspecified atom stereocenters. The van der Waals surface area contributed by atoms with Crippen molar-refractivity contribution in [3.63, 3.8) is 0 Å². The quantitative estimate of drug-likeness (QED) is 0.784. The highest BCUT2D eigenvalue weighted by Crippen LogP contribution is 2.34. The Balaban J connectivity index is 1.68. The van der Waals surface area contributed by atoms with Crippen LogP contribution >= 0.6 is 11.8 Å². The summed E-state index contributed by atoms with van der Waals surface area (Å²) in [5.74, 6) is 0.123. The molecule has 136 valence electrons. The molecule has 0 aromatic heterocycles. The fraction of sp³-hybridized carbons (Fsp3) is 0.263. The lowest BCUT2D eigenvalue weighted by Gasteiger charge is -2.20. The van der Waals surface area contributed by atoms with Crippen molar-refractivity contribution in [1.82, 2.24) is 0 Å². The molecule has 1 heterocycles. The zero-order chi connectivity index (χ0) is 18.5. The third-order valence-electron chi connectivity index (χ3n) is 4.02. The molecule has 0 aliphatic carbocycles. The molecule has 0 spiro atoms. The van der Waals surface area contributed by atoms with Gasteiger partial charge in [-0.3, -0.25) is 9.59 Å². The Morgan fingerprint density at radius 2 is 2.12 bits per heavy atom. The fourth-order valence-corrected chi connectivity index (χ4v) is 3.52. The normalized spacial score (nSPS) is 13.8. The molecular formula is C19H19FN2O3S. The number of nitrogens with zero attached hydrogens (tertiary/aromatic N) is 1. The van der Waals surface area contributed by atoms with Crippen LogP contribution in [-0.4, -0.2) is 31.2 Å². The highest BCUT2D eigenvalue weighted by atomic mass is 32.2. The van der Waals surface area contributed by atoms with Gasteiger partial charge in [-0.25, -0.2) is 4.39 Å². The number of thioether (sulfide) groups is 1. The lowest BCUT2D eigenvalue weighted by molar-refractivity contribution is -0.117. The van der Waals surface area contributed by atoms with Crippen LogP contribution in [0.15, 0.2) is 47.4 Å². The summed E-state index contributed by atoms with van der Waals surface area (Å²) >= 11 is 1.14. The van der Waals surface area contributed by atoms with Crippen LogP contribution < -0.4 is 15.0 Å². The highest BCUT2D eigenvalue weighted by molar-refractivity contribution is 8.00. The monoisotopic (exact) mass is 374 g/mol. The van der Waals surface area contributed by atoms with Crippen LogP contribution in [0, 0.1) is 5.82 Å². The Labute approximate surface area is 155 Å². The van der Waals surface area contributed by atoms with E-state index in [1.54, 1.807) is 48.4 Å². The standard InChI is InChI=1S/C19H19FN2O3S/c1-25-16-9-8-13(11-15(16)22-10-4-7-19(22)24)21-18(23)12-26-17-6-3-2-5-14(17)20/h2-3,5-6,8-9,11H,4,7,10,12H2,1H3,(H,21,23). The van der Waals surface area contributed by atoms with Crippen molar-refractivity contribution in [2.24, 2.45) is 0 Å². The van der Waals surface area contributed by atoms with E-state index in [1.807, 2.05) is 0 Å². The first-order valence-corrected chi connectivity index (χ1v) is 9.22. The van der Waals surface area contributed by atoms with E-state index in [0.717, 1.165) is 18.2 Å². The van der Waals surface area contributed by atoms with Crippen molar-refractivity contribution in [2.75, 3.05) is 29.6 Å². The van der Waals surface area contributed by atoms with Gasteiger partial charge in [-0.15, -0.1) is 11.8 Å². The second-order valence-corrected chi connectivity index (χ2v) is 6.82. The second-order valence-electron chi connectivity index (χ2n) is 5.80. The Hall–Kier alpha value is -2.54. The first-order valence-electron chi connectivity index (χ1n) is 8.24. The Morgan fingerprint density at radius 3 is 2.81 bits per heavy atom. The van der Waals surface area contributed by atoms with Gasteiger partial charge in [0.05, 0.1) is 18.6 Å². The van der Waals surface area contributed by atoms with Crippen LogP contribution in [0.3, 0.4) is 0 Å². The van der Waals surface area contributed by atoms with Crippen LogP contribution in [0.25, 0.3) is 0 Å². The number of nitrogens with one attached hydrogen (secondary N) is 1. The van der Waals surface area contributed by atoms with Gasteiger partial charge in [0.2, 0.25) is 11.8 Å². The van der Waals surface area contributed by atoms with Crippen LogP contribution in [0.2, 0.25) is 0 Å². The zero-order valence-corrected chi connectivity index (χ0v) is 15.1. The van der Waals surface area contributed by atoms with Gasteiger partial charge in [0, 0.05) is 23.5 Å². The van der Waals surface area contributed by atoms with Gasteiger partial charge in [-0.2, -0.15) is 0 Å². The van der Waals surface area contributed by atoms with Crippen molar-refractivity contribution in [1.29, 1.82) is 0 Å². The number of anilines is 2. The summed E-state index contributed by atoms with van der Waals surface area (Å²) in [5, 5.41) is 2.79. The molecule has 3 rings (SSSR count). The summed E-state index contributed by atoms with van der Waals surface area (Å²) in [5.41, 5.74) is 1.22. The molecule has 0 atom stereocenters. The molecule has 2 amide bonds. The lowest BCUT2D eigenvalue weighted by atomic mass is 10.2. The number of carbonyl (C=O) groups excluding carboxylic acids is 2. The maximum Gasteiger partial charge on any atom is 0.234 e. The van der Waals surface area contributed by atoms with Gasteiger partial charge < -0.3 is 15.0 Å². The number of hydrogen-bond donors (Lipinski definition) is 1. The average Bonchev–Trinajstić information content (AvgIpc) is 3.07. The molecule has 0 radical (unpaired) electrons. The molecule has 2 aromatic rings. The van der Waals surface area contributed by atoms with E-state index in [-0.39, 0.29) is 23.4 Å². The maximum absolute atomic E-state index is 13.6. The number of halogens is 1. The molecule has 1 fully saturated rings. The number of rotatable bonds is 6. The summed E-state index contributed by atoms with van der Waals surface area (Å²) < 4.78 is 18.9. The van der Waals surface area contributed by atoms with Crippen molar-refractivity contribution < 1.29 is 18.7 Å². The van der Waals surface area contributed by atoms with E-state index in [2.05, 4.69) is 5.32 Å². The highest BCUT2D eigenvalue weighted by Gasteiger charge is 2.24. The minimum atomic E-state index is -0.343. The summed E-state index contributed by atoms with van der Waals surface area (Å²) in [6, 6.07) is 11.5. The number of methoxy groups -OCH3 is 1. The third kappa shape index (κ3) is 4.16. The second kappa shape index (κ2) is 8.23. The van der Waals surface area contributed by atoms with Crippen molar-refractivity contribution >= 4 is 35.0 Å². The molecule has 1 N–H and O–H groups in total. The molecule has 7 heteroatoms. The fourth-order valence-electron chi connectivity index (χ4n) is 2.78. The first kappa shape index (κ1) is 18.3.